The van der Waals surface area contributed by atoms with Crippen LogP contribution in [0.1, 0.15) is 34.0 Å². The number of hydrogen-bond donors (Lipinski definition) is 2. The van der Waals surface area contributed by atoms with E-state index in [2.05, 4.69) is 15.6 Å². The molecule has 7 nitrogen and oxygen atoms in total. The summed E-state index contributed by atoms with van der Waals surface area (Å²) in [5.74, 6) is 1.74. The van der Waals surface area contributed by atoms with Crippen LogP contribution in [0.15, 0.2) is 65.7 Å². The summed E-state index contributed by atoms with van der Waals surface area (Å²) in [6, 6.07) is 18.3. The topological polar surface area (TPSA) is 81.2 Å². The van der Waals surface area contributed by atoms with Gasteiger partial charge >= 0.3 is 0 Å². The molecule has 4 rings (SSSR count). The number of nitrogens with one attached hydrogen (secondary N) is 2. The number of nitrogens with zero attached hydrogens (tertiary/aromatic N) is 1. The normalized spacial score (nSPS) is 14.0. The third-order valence-corrected chi connectivity index (χ3v) is 5.60. The predicted octanol–water partition coefficient (Wildman–Crippen LogP) is 5.37. The average Bonchev–Trinajstić information content (AvgIpc) is 2.85. The molecule has 1 aliphatic heterocycles. The van der Waals surface area contributed by atoms with E-state index in [0.29, 0.717) is 23.5 Å². The summed E-state index contributed by atoms with van der Waals surface area (Å²) in [4.78, 5) is 16.8. The third kappa shape index (κ3) is 5.18. The average molecular weight is 476 g/mol. The molecular weight excluding hydrogens is 450 g/mol. The molecule has 1 aliphatic rings. The molecule has 0 fully saturated rings. The van der Waals surface area contributed by atoms with Crippen molar-refractivity contribution in [1.29, 1.82) is 0 Å². The number of rotatable bonds is 6. The molecule has 0 aromatic heterocycles. The summed E-state index contributed by atoms with van der Waals surface area (Å²) in [6.45, 7) is 1.96. The lowest BCUT2D eigenvalue weighted by atomic mass is 10.0. The number of aliphatic imine (C=N–C) groups is 1. The van der Waals surface area contributed by atoms with Gasteiger partial charge in [-0.15, -0.1) is 0 Å². The van der Waals surface area contributed by atoms with Gasteiger partial charge in [-0.25, -0.2) is 0 Å². The van der Waals surface area contributed by atoms with Crippen LogP contribution in [0.5, 0.6) is 17.2 Å². The molecule has 1 atom stereocenters. The van der Waals surface area contributed by atoms with Gasteiger partial charge < -0.3 is 19.5 Å². The van der Waals surface area contributed by atoms with Crippen molar-refractivity contribution in [2.75, 3.05) is 19.5 Å². The van der Waals surface area contributed by atoms with Gasteiger partial charge in [0.1, 0.15) is 11.9 Å². The minimum atomic E-state index is -0.264. The second-order valence-corrected chi connectivity index (χ2v) is 8.08. The first-order valence-electron chi connectivity index (χ1n) is 10.7. The van der Waals surface area contributed by atoms with E-state index in [9.17, 15) is 4.79 Å². The number of benzene rings is 3. The van der Waals surface area contributed by atoms with Gasteiger partial charge in [-0.05, 0) is 61.1 Å². The maximum atomic E-state index is 12.3. The Morgan fingerprint density at radius 2 is 1.74 bits per heavy atom. The smallest absolute Gasteiger partial charge is 0.257 e. The summed E-state index contributed by atoms with van der Waals surface area (Å²) in [5, 5.41) is 5.96. The van der Waals surface area contributed by atoms with E-state index in [0.717, 1.165) is 28.3 Å². The number of anilines is 1. The SMILES string of the molecule is COc1cc2c(cc1OC)C(Oc1ccc(NC(=S)NC(=O)c3ccccc3)cc1C)CC=N2. The lowest BCUT2D eigenvalue weighted by Gasteiger charge is -2.25. The molecule has 1 amide bonds. The molecule has 3 aromatic rings. The van der Waals surface area contributed by atoms with E-state index >= 15 is 0 Å². The highest BCUT2D eigenvalue weighted by atomic mass is 32.1. The number of methoxy groups -OCH3 is 2. The van der Waals surface area contributed by atoms with Crippen LogP contribution < -0.4 is 24.8 Å². The largest absolute Gasteiger partial charge is 0.493 e. The third-order valence-electron chi connectivity index (χ3n) is 5.39. The van der Waals surface area contributed by atoms with Crippen molar-refractivity contribution in [3.05, 3.63) is 77.4 Å². The van der Waals surface area contributed by atoms with Crippen molar-refractivity contribution >= 4 is 40.8 Å². The van der Waals surface area contributed by atoms with Gasteiger partial charge in [0.25, 0.3) is 5.91 Å². The van der Waals surface area contributed by atoms with Crippen LogP contribution in [-0.4, -0.2) is 31.5 Å². The van der Waals surface area contributed by atoms with Gasteiger partial charge in [-0.1, -0.05) is 18.2 Å². The van der Waals surface area contributed by atoms with Gasteiger partial charge in [-0.2, -0.15) is 0 Å². The molecule has 1 heterocycles. The van der Waals surface area contributed by atoms with Crippen LogP contribution in [0, 0.1) is 6.92 Å². The van der Waals surface area contributed by atoms with E-state index in [-0.39, 0.29) is 17.1 Å². The summed E-state index contributed by atoms with van der Waals surface area (Å²) in [6.07, 6.45) is 2.27. The Hall–Kier alpha value is -3.91. The highest BCUT2D eigenvalue weighted by molar-refractivity contribution is 7.80. The van der Waals surface area contributed by atoms with Gasteiger partial charge in [0, 0.05) is 35.5 Å². The number of ether oxygens (including phenoxy) is 3. The molecule has 0 saturated heterocycles. The van der Waals surface area contributed by atoms with Crippen LogP contribution in [0.3, 0.4) is 0 Å². The molecule has 3 aromatic carbocycles. The fourth-order valence-corrected chi connectivity index (χ4v) is 3.89. The highest BCUT2D eigenvalue weighted by Crippen LogP contribution is 2.42. The zero-order valence-electron chi connectivity index (χ0n) is 19.1. The van der Waals surface area contributed by atoms with Crippen molar-refractivity contribution in [2.45, 2.75) is 19.4 Å². The maximum absolute atomic E-state index is 12.3. The second kappa shape index (κ2) is 10.4. The minimum absolute atomic E-state index is 0.212. The van der Waals surface area contributed by atoms with Crippen LogP contribution in [-0.2, 0) is 0 Å². The summed E-state index contributed by atoms with van der Waals surface area (Å²) in [5.41, 5.74) is 3.94. The standard InChI is InChI=1S/C26H25N3O4S/c1-16-13-18(28-26(34)29-25(30)17-7-5-4-6-8-17)9-10-21(16)33-22-11-12-27-20-15-24(32-3)23(31-2)14-19(20)22/h4-10,12-15,22H,11H2,1-3H3,(H2,28,29,30,34). The Balaban J connectivity index is 1.45. The zero-order chi connectivity index (χ0) is 24.1. The number of fused-ring (bicyclic) bond motifs is 1. The summed E-state index contributed by atoms with van der Waals surface area (Å²) < 4.78 is 17.2. The van der Waals surface area contributed by atoms with E-state index < -0.39 is 0 Å². The molecule has 8 heteroatoms. The Kier molecular flexibility index (Phi) is 7.08. The first-order valence-corrected chi connectivity index (χ1v) is 11.1. The molecule has 0 spiro atoms. The summed E-state index contributed by atoms with van der Waals surface area (Å²) in [7, 11) is 3.21. The Labute approximate surface area is 203 Å². The van der Waals surface area contributed by atoms with E-state index in [1.165, 1.54) is 0 Å². The zero-order valence-corrected chi connectivity index (χ0v) is 19.9. The van der Waals surface area contributed by atoms with Crippen molar-refractivity contribution in [2.24, 2.45) is 4.99 Å². The lowest BCUT2D eigenvalue weighted by molar-refractivity contribution is 0.0977. The quantitative estimate of drug-likeness (QED) is 0.467. The Morgan fingerprint density at radius 3 is 2.44 bits per heavy atom. The van der Waals surface area contributed by atoms with Crippen molar-refractivity contribution in [3.8, 4) is 17.2 Å². The molecule has 0 saturated carbocycles. The number of carbonyl (C=O) groups excluding carboxylic acids is 1. The molecular formula is C26H25N3O4S. The number of carbonyl (C=O) groups is 1. The van der Waals surface area contributed by atoms with Crippen molar-refractivity contribution < 1.29 is 19.0 Å². The van der Waals surface area contributed by atoms with Crippen molar-refractivity contribution in [3.63, 3.8) is 0 Å². The monoisotopic (exact) mass is 475 g/mol. The lowest BCUT2D eigenvalue weighted by Crippen LogP contribution is -2.34. The number of hydrogen-bond acceptors (Lipinski definition) is 6. The van der Waals surface area contributed by atoms with E-state index in [4.69, 9.17) is 26.4 Å². The first kappa shape index (κ1) is 23.3. The maximum Gasteiger partial charge on any atom is 0.257 e. The van der Waals surface area contributed by atoms with E-state index in [1.54, 1.807) is 38.5 Å². The Bertz CT molecular complexity index is 1240. The van der Waals surface area contributed by atoms with Gasteiger partial charge in [0.2, 0.25) is 0 Å². The number of amides is 1. The molecule has 34 heavy (non-hydrogen) atoms. The van der Waals surface area contributed by atoms with Crippen LogP contribution in [0.2, 0.25) is 0 Å². The fourth-order valence-electron chi connectivity index (χ4n) is 3.68. The van der Waals surface area contributed by atoms with Crippen LogP contribution in [0.25, 0.3) is 0 Å². The fraction of sp³-hybridized carbons (Fsp3) is 0.192. The molecule has 0 aliphatic carbocycles. The van der Waals surface area contributed by atoms with E-state index in [1.807, 2.05) is 49.5 Å². The van der Waals surface area contributed by atoms with Gasteiger partial charge in [-0.3, -0.25) is 15.1 Å². The predicted molar refractivity (Wildman–Crippen MR) is 137 cm³/mol. The molecule has 174 valence electrons. The molecule has 0 radical (unpaired) electrons. The van der Waals surface area contributed by atoms with Crippen LogP contribution >= 0.6 is 12.2 Å². The first-order chi connectivity index (χ1) is 16.5. The molecule has 0 bridgehead atoms. The van der Waals surface area contributed by atoms with Crippen molar-refractivity contribution in [1.82, 2.24) is 5.32 Å². The summed E-state index contributed by atoms with van der Waals surface area (Å²) >= 11 is 5.30. The molecule has 1 unspecified atom stereocenters. The van der Waals surface area contributed by atoms with Gasteiger partial charge in [0.05, 0.1) is 19.9 Å². The second-order valence-electron chi connectivity index (χ2n) is 7.67. The van der Waals surface area contributed by atoms with Crippen LogP contribution in [0.4, 0.5) is 11.4 Å². The van der Waals surface area contributed by atoms with Gasteiger partial charge in [0.15, 0.2) is 16.6 Å². The number of aryl methyl sites for hydroxylation is 1. The highest BCUT2D eigenvalue weighted by Gasteiger charge is 2.23. The number of thiocarbonyl (C=S) groups is 1. The molecule has 2 N–H and O–H groups in total. The Morgan fingerprint density at radius 1 is 1.00 bits per heavy atom. The minimum Gasteiger partial charge on any atom is -0.493 e.